The molecule has 0 fully saturated rings. The van der Waals surface area contributed by atoms with E-state index in [1.165, 1.54) is 5.56 Å². The normalized spacial score (nSPS) is 12.6. The molecule has 1 atom stereocenters. The molecule has 0 aliphatic carbocycles. The topological polar surface area (TPSA) is 43.8 Å². The van der Waals surface area contributed by atoms with Gasteiger partial charge in [0.1, 0.15) is 0 Å². The molecule has 2 rings (SSSR count). The second-order valence-electron chi connectivity index (χ2n) is 3.97. The van der Waals surface area contributed by atoms with Gasteiger partial charge in [-0.2, -0.15) is 5.10 Å². The van der Waals surface area contributed by atoms with Gasteiger partial charge in [0, 0.05) is 17.2 Å². The molecule has 1 heterocycles. The lowest BCUT2D eigenvalue weighted by Gasteiger charge is -2.14. The number of aromatic nitrogens is 2. The number of nitrogens with zero attached hydrogens (tertiary/aromatic N) is 2. The lowest BCUT2D eigenvalue weighted by atomic mass is 10.0. The largest absolute Gasteiger partial charge is 0.322 e. The highest BCUT2D eigenvalue weighted by molar-refractivity contribution is 9.10. The minimum atomic E-state index is -0.0175. The van der Waals surface area contributed by atoms with Crippen molar-refractivity contribution in [2.75, 3.05) is 0 Å². The molecule has 17 heavy (non-hydrogen) atoms. The minimum Gasteiger partial charge on any atom is -0.322 e. The fourth-order valence-electron chi connectivity index (χ4n) is 1.93. The lowest BCUT2D eigenvalue weighted by Crippen LogP contribution is -2.18. The van der Waals surface area contributed by atoms with Gasteiger partial charge in [0.2, 0.25) is 0 Å². The van der Waals surface area contributed by atoms with Crippen molar-refractivity contribution in [3.05, 3.63) is 52.3 Å². The molecule has 4 heteroatoms. The monoisotopic (exact) mass is 293 g/mol. The van der Waals surface area contributed by atoms with Crippen molar-refractivity contribution in [1.29, 1.82) is 0 Å². The molecule has 1 aromatic carbocycles. The summed E-state index contributed by atoms with van der Waals surface area (Å²) >= 11 is 3.55. The van der Waals surface area contributed by atoms with Crippen molar-refractivity contribution >= 4 is 15.9 Å². The van der Waals surface area contributed by atoms with Crippen LogP contribution in [0.1, 0.15) is 24.2 Å². The van der Waals surface area contributed by atoms with Crippen LogP contribution in [-0.2, 0) is 13.0 Å². The Morgan fingerprint density at radius 1 is 1.35 bits per heavy atom. The number of benzene rings is 1. The van der Waals surface area contributed by atoms with Crippen molar-refractivity contribution < 1.29 is 0 Å². The Morgan fingerprint density at radius 2 is 2.12 bits per heavy atom. The molecule has 0 aliphatic heterocycles. The van der Waals surface area contributed by atoms with E-state index in [0.717, 1.165) is 23.1 Å². The Kier molecular flexibility index (Phi) is 3.97. The smallest absolute Gasteiger partial charge is 0.0554 e. The number of halogens is 1. The average Bonchev–Trinajstić information content (AvgIpc) is 2.80. The van der Waals surface area contributed by atoms with Crippen molar-refractivity contribution in [2.45, 2.75) is 25.9 Å². The molecule has 2 aromatic rings. The van der Waals surface area contributed by atoms with Crippen molar-refractivity contribution in [3.63, 3.8) is 0 Å². The highest BCUT2D eigenvalue weighted by atomic mass is 79.9. The van der Waals surface area contributed by atoms with Gasteiger partial charge in [0.25, 0.3) is 0 Å². The molecule has 0 saturated heterocycles. The fraction of sp³-hybridized carbons (Fsp3) is 0.308. The maximum absolute atomic E-state index is 6.24. The van der Waals surface area contributed by atoms with Gasteiger partial charge in [-0.3, -0.25) is 4.68 Å². The van der Waals surface area contributed by atoms with Gasteiger partial charge in [0.05, 0.1) is 11.7 Å². The van der Waals surface area contributed by atoms with Crippen LogP contribution in [0.25, 0.3) is 0 Å². The second-order valence-corrected chi connectivity index (χ2v) is 4.83. The number of hydrogen-bond donors (Lipinski definition) is 1. The van der Waals surface area contributed by atoms with Crippen LogP contribution in [0, 0.1) is 0 Å². The summed E-state index contributed by atoms with van der Waals surface area (Å²) in [6.45, 7) is 2.92. The van der Waals surface area contributed by atoms with Gasteiger partial charge in [-0.25, -0.2) is 0 Å². The molecular weight excluding hydrogens is 278 g/mol. The van der Waals surface area contributed by atoms with E-state index in [1.54, 1.807) is 6.20 Å². The summed E-state index contributed by atoms with van der Waals surface area (Å²) in [5, 5.41) is 4.24. The molecule has 0 spiro atoms. The zero-order valence-electron chi connectivity index (χ0n) is 9.81. The van der Waals surface area contributed by atoms with E-state index in [9.17, 15) is 0 Å². The van der Waals surface area contributed by atoms with Crippen LogP contribution >= 0.6 is 15.9 Å². The molecule has 3 nitrogen and oxygen atoms in total. The molecule has 0 saturated carbocycles. The highest BCUT2D eigenvalue weighted by Gasteiger charge is 2.12. The zero-order valence-corrected chi connectivity index (χ0v) is 11.4. The molecule has 90 valence electrons. The third kappa shape index (κ3) is 2.76. The predicted molar refractivity (Wildman–Crippen MR) is 72.7 cm³/mol. The van der Waals surface area contributed by atoms with Gasteiger partial charge in [-0.15, -0.1) is 0 Å². The van der Waals surface area contributed by atoms with Gasteiger partial charge < -0.3 is 5.73 Å². The molecule has 0 aliphatic rings. The first-order valence-corrected chi connectivity index (χ1v) is 6.52. The Morgan fingerprint density at radius 3 is 2.82 bits per heavy atom. The second kappa shape index (κ2) is 5.47. The van der Waals surface area contributed by atoms with Crippen LogP contribution < -0.4 is 5.73 Å². The number of nitrogens with two attached hydrogens (primary N) is 1. The molecule has 0 amide bonds. The summed E-state index contributed by atoms with van der Waals surface area (Å²) in [6.07, 6.45) is 2.62. The highest BCUT2D eigenvalue weighted by Crippen LogP contribution is 2.22. The van der Waals surface area contributed by atoms with E-state index < -0.39 is 0 Å². The zero-order chi connectivity index (χ0) is 12.3. The Bertz CT molecular complexity index is 493. The summed E-state index contributed by atoms with van der Waals surface area (Å²) < 4.78 is 3.06. The number of aryl methyl sites for hydroxylation is 1. The van der Waals surface area contributed by atoms with E-state index in [-0.39, 0.29) is 6.04 Å². The van der Waals surface area contributed by atoms with E-state index in [4.69, 9.17) is 5.73 Å². The number of hydrogen-bond acceptors (Lipinski definition) is 2. The lowest BCUT2D eigenvalue weighted by molar-refractivity contribution is 0.568. The average molecular weight is 294 g/mol. The summed E-state index contributed by atoms with van der Waals surface area (Å²) in [4.78, 5) is 0. The standard InChI is InChI=1S/C13H16BrN3/c1-2-17-13(7-8-16-17)12(15)9-10-5-3-4-6-11(10)14/h3-8,12H,2,9,15H2,1H3. The van der Waals surface area contributed by atoms with Crippen molar-refractivity contribution in [3.8, 4) is 0 Å². The van der Waals surface area contributed by atoms with Crippen LogP contribution in [0.4, 0.5) is 0 Å². The van der Waals surface area contributed by atoms with Crippen molar-refractivity contribution in [1.82, 2.24) is 9.78 Å². The summed E-state index contributed by atoms with van der Waals surface area (Å²) in [6, 6.07) is 10.1. The van der Waals surface area contributed by atoms with Gasteiger partial charge in [-0.05, 0) is 31.0 Å². The van der Waals surface area contributed by atoms with Gasteiger partial charge >= 0.3 is 0 Å². The van der Waals surface area contributed by atoms with E-state index >= 15 is 0 Å². The van der Waals surface area contributed by atoms with Crippen LogP contribution in [0.15, 0.2) is 41.0 Å². The third-order valence-corrected chi connectivity index (χ3v) is 3.60. The maximum Gasteiger partial charge on any atom is 0.0554 e. The van der Waals surface area contributed by atoms with Crippen LogP contribution in [-0.4, -0.2) is 9.78 Å². The van der Waals surface area contributed by atoms with Gasteiger partial charge in [-0.1, -0.05) is 34.1 Å². The molecule has 2 N–H and O–H groups in total. The Labute approximate surface area is 110 Å². The summed E-state index contributed by atoms with van der Waals surface area (Å²) in [5.74, 6) is 0. The van der Waals surface area contributed by atoms with Gasteiger partial charge in [0.15, 0.2) is 0 Å². The van der Waals surface area contributed by atoms with E-state index in [0.29, 0.717) is 0 Å². The molecule has 1 aromatic heterocycles. The van der Waals surface area contributed by atoms with Crippen LogP contribution in [0.5, 0.6) is 0 Å². The first-order valence-electron chi connectivity index (χ1n) is 5.73. The van der Waals surface area contributed by atoms with Crippen LogP contribution in [0.2, 0.25) is 0 Å². The molecule has 0 radical (unpaired) electrons. The minimum absolute atomic E-state index is 0.0175. The molecule has 0 bridgehead atoms. The molecular formula is C13H16BrN3. The first kappa shape index (κ1) is 12.3. The molecule has 1 unspecified atom stereocenters. The third-order valence-electron chi connectivity index (χ3n) is 2.83. The Hall–Kier alpha value is -1.13. The summed E-state index contributed by atoms with van der Waals surface area (Å²) in [5.41, 5.74) is 8.55. The quantitative estimate of drug-likeness (QED) is 0.942. The summed E-state index contributed by atoms with van der Waals surface area (Å²) in [7, 11) is 0. The first-order chi connectivity index (χ1) is 8.22. The van der Waals surface area contributed by atoms with Crippen LogP contribution in [0.3, 0.4) is 0 Å². The van der Waals surface area contributed by atoms with E-state index in [1.807, 2.05) is 28.9 Å². The Balaban J connectivity index is 2.17. The number of rotatable bonds is 4. The van der Waals surface area contributed by atoms with Crippen molar-refractivity contribution in [2.24, 2.45) is 5.73 Å². The van der Waals surface area contributed by atoms with E-state index in [2.05, 4.69) is 34.0 Å². The SMILES string of the molecule is CCn1nccc1C(N)Cc1ccccc1Br. The maximum atomic E-state index is 6.24. The fourth-order valence-corrected chi connectivity index (χ4v) is 2.37. The predicted octanol–water partition coefficient (Wildman–Crippen LogP) is 2.91.